The van der Waals surface area contributed by atoms with Crippen LogP contribution in [-0.4, -0.2) is 53.6 Å². The lowest BCUT2D eigenvalue weighted by Gasteiger charge is -2.30. The second-order valence-corrected chi connectivity index (χ2v) is 9.69. The van der Waals surface area contributed by atoms with Gasteiger partial charge in [-0.3, -0.25) is 4.79 Å². The first-order valence-electron chi connectivity index (χ1n) is 12.5. The van der Waals surface area contributed by atoms with Crippen LogP contribution in [0.15, 0.2) is 60.7 Å². The maximum absolute atomic E-state index is 13.5. The molecule has 8 heteroatoms. The zero-order chi connectivity index (χ0) is 25.9. The monoisotopic (exact) mass is 508 g/mol. The van der Waals surface area contributed by atoms with E-state index < -0.39 is 23.6 Å². The minimum atomic E-state index is -2.81. The number of ether oxygens (including phenoxy) is 2. The van der Waals surface area contributed by atoms with Crippen LogP contribution in [0.2, 0.25) is 0 Å². The van der Waals surface area contributed by atoms with Gasteiger partial charge in [0.05, 0.1) is 0 Å². The highest BCUT2D eigenvalue weighted by molar-refractivity contribution is 6.00. The van der Waals surface area contributed by atoms with Crippen LogP contribution in [-0.2, 0) is 19.6 Å². The van der Waals surface area contributed by atoms with Crippen molar-refractivity contribution in [2.75, 3.05) is 26.7 Å². The molecular weight excluding hydrogens is 478 g/mol. The first kappa shape index (κ1) is 25.0. The number of likely N-dealkylation sites (N-methyl/N-ethyl adjacent to an activating group) is 1. The summed E-state index contributed by atoms with van der Waals surface area (Å²) in [5.41, 5.74) is 2.42. The van der Waals surface area contributed by atoms with Gasteiger partial charge in [-0.15, -0.1) is 0 Å². The lowest BCUT2D eigenvalue weighted by molar-refractivity contribution is 0.0725. The predicted molar refractivity (Wildman–Crippen MR) is 135 cm³/mol. The summed E-state index contributed by atoms with van der Waals surface area (Å²) in [6, 6.07) is 17.2. The van der Waals surface area contributed by atoms with E-state index >= 15 is 0 Å². The Bertz CT molecular complexity index is 1270. The SMILES string of the molecule is CN1CC[C@H](Oc2ccc3c(c2)CCN(C(=O)c2c(O)cc(C(F)F)cc2OCc2ccccc2)C3)C1. The van der Waals surface area contributed by atoms with Crippen molar-refractivity contribution in [3.05, 3.63) is 88.5 Å². The van der Waals surface area contributed by atoms with Crippen molar-refractivity contribution < 1.29 is 28.2 Å². The lowest BCUT2D eigenvalue weighted by Crippen LogP contribution is -2.36. The van der Waals surface area contributed by atoms with E-state index in [0.717, 1.165) is 54.1 Å². The summed E-state index contributed by atoms with van der Waals surface area (Å²) < 4.78 is 38.8. The molecule has 6 nitrogen and oxygen atoms in total. The number of nitrogens with zero attached hydrogens (tertiary/aromatic N) is 2. The lowest BCUT2D eigenvalue weighted by atomic mass is 9.98. The van der Waals surface area contributed by atoms with Gasteiger partial charge in [0, 0.05) is 31.7 Å². The van der Waals surface area contributed by atoms with Crippen LogP contribution >= 0.6 is 0 Å². The molecule has 3 aromatic rings. The number of halogens is 2. The summed E-state index contributed by atoms with van der Waals surface area (Å²) in [6.07, 6.45) is -1.01. The van der Waals surface area contributed by atoms with Crippen molar-refractivity contribution in [3.63, 3.8) is 0 Å². The minimum Gasteiger partial charge on any atom is -0.507 e. The number of hydrogen-bond donors (Lipinski definition) is 1. The third-order valence-electron chi connectivity index (χ3n) is 6.93. The van der Waals surface area contributed by atoms with Crippen LogP contribution < -0.4 is 9.47 Å². The predicted octanol–water partition coefficient (Wildman–Crippen LogP) is 5.19. The number of carbonyl (C=O) groups is 1. The van der Waals surface area contributed by atoms with Crippen molar-refractivity contribution in [3.8, 4) is 17.2 Å². The molecule has 0 aromatic heterocycles. The van der Waals surface area contributed by atoms with E-state index in [9.17, 15) is 18.7 Å². The van der Waals surface area contributed by atoms with Gasteiger partial charge in [-0.25, -0.2) is 8.78 Å². The minimum absolute atomic E-state index is 0.0553. The quantitative estimate of drug-likeness (QED) is 0.476. The van der Waals surface area contributed by atoms with Crippen molar-refractivity contribution in [1.29, 1.82) is 0 Å². The van der Waals surface area contributed by atoms with Crippen LogP contribution in [0.3, 0.4) is 0 Å². The molecule has 0 aliphatic carbocycles. The maximum atomic E-state index is 13.5. The smallest absolute Gasteiger partial charge is 0.264 e. The Hall–Kier alpha value is -3.65. The Morgan fingerprint density at radius 2 is 1.89 bits per heavy atom. The normalized spacial score (nSPS) is 17.6. The van der Waals surface area contributed by atoms with Gasteiger partial charge in [0.15, 0.2) is 0 Å². The van der Waals surface area contributed by atoms with Crippen LogP contribution in [0.25, 0.3) is 0 Å². The molecule has 1 atom stereocenters. The van der Waals surface area contributed by atoms with E-state index in [0.29, 0.717) is 19.5 Å². The van der Waals surface area contributed by atoms with Gasteiger partial charge < -0.3 is 24.4 Å². The molecule has 2 heterocycles. The molecule has 0 radical (unpaired) electrons. The third kappa shape index (κ3) is 5.69. The molecule has 0 unspecified atom stereocenters. The number of fused-ring (bicyclic) bond motifs is 1. The van der Waals surface area contributed by atoms with Gasteiger partial charge in [0.1, 0.15) is 35.5 Å². The van der Waals surface area contributed by atoms with E-state index in [1.807, 2.05) is 48.5 Å². The second kappa shape index (κ2) is 10.8. The Balaban J connectivity index is 1.34. The largest absolute Gasteiger partial charge is 0.507 e. The molecule has 2 aliphatic heterocycles. The molecule has 1 N–H and O–H groups in total. The molecule has 1 fully saturated rings. The standard InChI is InChI=1S/C29H30F2N2O4/c1-32-11-10-24(17-32)37-23-8-7-21-16-33(12-9-20(21)13-23)29(35)27-25(34)14-22(28(30)31)15-26(27)36-18-19-5-3-2-4-6-19/h2-8,13-15,24,28,34H,9-12,16-18H2,1H3/t24-/m0/s1. The summed E-state index contributed by atoms with van der Waals surface area (Å²) in [5.74, 6) is -0.195. The molecule has 37 heavy (non-hydrogen) atoms. The molecule has 194 valence electrons. The van der Waals surface area contributed by atoms with Gasteiger partial charge in [0.2, 0.25) is 0 Å². The molecule has 0 saturated carbocycles. The molecular formula is C29H30F2N2O4. The Morgan fingerprint density at radius 3 is 2.62 bits per heavy atom. The second-order valence-electron chi connectivity index (χ2n) is 9.69. The molecule has 1 saturated heterocycles. The highest BCUT2D eigenvalue weighted by atomic mass is 19.3. The fraction of sp³-hybridized carbons (Fsp3) is 0.345. The highest BCUT2D eigenvalue weighted by Crippen LogP contribution is 2.36. The number of hydrogen-bond acceptors (Lipinski definition) is 5. The van der Waals surface area contributed by atoms with Crippen molar-refractivity contribution in [2.45, 2.75) is 38.5 Å². The van der Waals surface area contributed by atoms with Crippen molar-refractivity contribution in [1.82, 2.24) is 9.80 Å². The molecule has 5 rings (SSSR count). The van der Waals surface area contributed by atoms with Crippen LogP contribution in [0, 0.1) is 0 Å². The van der Waals surface area contributed by atoms with Crippen molar-refractivity contribution in [2.24, 2.45) is 0 Å². The Kier molecular flexibility index (Phi) is 7.28. The van der Waals surface area contributed by atoms with Crippen LogP contribution in [0.5, 0.6) is 17.2 Å². The molecule has 0 spiro atoms. The fourth-order valence-corrected chi connectivity index (χ4v) is 4.93. The fourth-order valence-electron chi connectivity index (χ4n) is 4.93. The van der Waals surface area contributed by atoms with Crippen LogP contribution in [0.4, 0.5) is 8.78 Å². The number of aromatic hydroxyl groups is 1. The Labute approximate surface area is 215 Å². The maximum Gasteiger partial charge on any atom is 0.264 e. The van der Waals surface area contributed by atoms with E-state index in [2.05, 4.69) is 11.9 Å². The third-order valence-corrected chi connectivity index (χ3v) is 6.93. The topological polar surface area (TPSA) is 62.2 Å². The summed E-state index contributed by atoms with van der Waals surface area (Å²) >= 11 is 0. The zero-order valence-corrected chi connectivity index (χ0v) is 20.7. The number of rotatable bonds is 7. The number of phenolic OH excluding ortho intramolecular Hbond substituents is 1. The summed E-state index contributed by atoms with van der Waals surface area (Å²) in [5, 5.41) is 10.6. The number of benzene rings is 3. The average Bonchev–Trinajstić information content (AvgIpc) is 3.31. The summed E-state index contributed by atoms with van der Waals surface area (Å²) in [7, 11) is 2.08. The summed E-state index contributed by atoms with van der Waals surface area (Å²) in [4.78, 5) is 17.4. The van der Waals surface area contributed by atoms with Gasteiger partial charge in [-0.1, -0.05) is 36.4 Å². The van der Waals surface area contributed by atoms with E-state index in [-0.39, 0.29) is 24.0 Å². The van der Waals surface area contributed by atoms with Crippen LogP contribution in [0.1, 0.15) is 45.5 Å². The molecule has 2 aliphatic rings. The number of amides is 1. The molecule has 0 bridgehead atoms. The zero-order valence-electron chi connectivity index (χ0n) is 20.7. The number of likely N-dealkylation sites (tertiary alicyclic amines) is 1. The van der Waals surface area contributed by atoms with E-state index in [1.165, 1.54) is 0 Å². The number of phenols is 1. The number of alkyl halides is 2. The number of carbonyl (C=O) groups excluding carboxylic acids is 1. The van der Waals surface area contributed by atoms with E-state index in [1.54, 1.807) is 4.90 Å². The van der Waals surface area contributed by atoms with Gasteiger partial charge in [-0.2, -0.15) is 0 Å². The molecule has 1 amide bonds. The average molecular weight is 509 g/mol. The first-order valence-corrected chi connectivity index (χ1v) is 12.5. The Morgan fingerprint density at radius 1 is 1.08 bits per heavy atom. The molecule has 3 aromatic carbocycles. The first-order chi connectivity index (χ1) is 17.9. The highest BCUT2D eigenvalue weighted by Gasteiger charge is 2.29. The summed E-state index contributed by atoms with van der Waals surface area (Å²) in [6.45, 7) is 2.77. The van der Waals surface area contributed by atoms with E-state index in [4.69, 9.17) is 9.47 Å². The van der Waals surface area contributed by atoms with Gasteiger partial charge in [-0.05, 0) is 60.8 Å². The van der Waals surface area contributed by atoms with Gasteiger partial charge in [0.25, 0.3) is 12.3 Å². The van der Waals surface area contributed by atoms with Crippen molar-refractivity contribution >= 4 is 5.91 Å². The van der Waals surface area contributed by atoms with Gasteiger partial charge >= 0.3 is 0 Å².